The number of carbonyl (C=O) groups excluding carboxylic acids is 1. The Balaban J connectivity index is 2.35. The molecule has 13 heavy (non-hydrogen) atoms. The van der Waals surface area contributed by atoms with Gasteiger partial charge < -0.3 is 15.5 Å². The molecular weight excluding hydrogens is 166 g/mol. The van der Waals surface area contributed by atoms with Crippen LogP contribution in [0.1, 0.15) is 20.3 Å². The number of hydrogen-bond donors (Lipinski definition) is 2. The van der Waals surface area contributed by atoms with Gasteiger partial charge in [-0.3, -0.25) is 0 Å². The van der Waals surface area contributed by atoms with Gasteiger partial charge in [0.05, 0.1) is 0 Å². The lowest BCUT2D eigenvalue weighted by molar-refractivity contribution is 0.164. The number of amides is 2. The summed E-state index contributed by atoms with van der Waals surface area (Å²) in [5.74, 6) is 0. The standard InChI is InChI=1S/C9H19N3O/c1-3-4-11-9(13)12-6-5-10-7-8(12)2/h8,10H,3-7H2,1-2H3,(H,11,13)/t8-/m1/s1. The van der Waals surface area contributed by atoms with E-state index in [2.05, 4.69) is 24.5 Å². The van der Waals surface area contributed by atoms with Crippen molar-refractivity contribution in [3.8, 4) is 0 Å². The highest BCUT2D eigenvalue weighted by molar-refractivity contribution is 5.74. The van der Waals surface area contributed by atoms with Gasteiger partial charge in [-0.25, -0.2) is 4.79 Å². The Hall–Kier alpha value is -0.770. The molecule has 4 nitrogen and oxygen atoms in total. The van der Waals surface area contributed by atoms with Crippen molar-refractivity contribution in [1.29, 1.82) is 0 Å². The SMILES string of the molecule is CCCNC(=O)N1CCNC[C@H]1C. The Labute approximate surface area is 79.7 Å². The van der Waals surface area contributed by atoms with Crippen LogP contribution < -0.4 is 10.6 Å². The van der Waals surface area contributed by atoms with Crippen LogP contribution in [0.25, 0.3) is 0 Å². The van der Waals surface area contributed by atoms with Crippen molar-refractivity contribution in [2.75, 3.05) is 26.2 Å². The molecule has 0 saturated carbocycles. The van der Waals surface area contributed by atoms with Crippen LogP contribution in [0.5, 0.6) is 0 Å². The summed E-state index contributed by atoms with van der Waals surface area (Å²) < 4.78 is 0. The molecule has 1 atom stereocenters. The largest absolute Gasteiger partial charge is 0.338 e. The molecule has 1 aliphatic rings. The van der Waals surface area contributed by atoms with Gasteiger partial charge in [0.2, 0.25) is 0 Å². The maximum atomic E-state index is 11.6. The highest BCUT2D eigenvalue weighted by Gasteiger charge is 2.21. The van der Waals surface area contributed by atoms with E-state index in [1.165, 1.54) is 0 Å². The van der Waals surface area contributed by atoms with Gasteiger partial charge in [-0.2, -0.15) is 0 Å². The maximum Gasteiger partial charge on any atom is 0.317 e. The molecule has 1 rings (SSSR count). The predicted molar refractivity (Wildman–Crippen MR) is 52.7 cm³/mol. The Morgan fingerprint density at radius 2 is 2.46 bits per heavy atom. The fourth-order valence-corrected chi connectivity index (χ4v) is 1.48. The smallest absolute Gasteiger partial charge is 0.317 e. The minimum atomic E-state index is 0.0795. The van der Waals surface area contributed by atoms with Crippen molar-refractivity contribution in [1.82, 2.24) is 15.5 Å². The fraction of sp³-hybridized carbons (Fsp3) is 0.889. The van der Waals surface area contributed by atoms with Crippen LogP contribution in [0.3, 0.4) is 0 Å². The van der Waals surface area contributed by atoms with Crippen molar-refractivity contribution in [3.05, 3.63) is 0 Å². The average molecular weight is 185 g/mol. The zero-order valence-corrected chi connectivity index (χ0v) is 8.47. The molecule has 4 heteroatoms. The van der Waals surface area contributed by atoms with E-state index >= 15 is 0 Å². The van der Waals surface area contributed by atoms with E-state index in [1.54, 1.807) is 0 Å². The van der Waals surface area contributed by atoms with E-state index < -0.39 is 0 Å². The lowest BCUT2D eigenvalue weighted by atomic mass is 10.2. The second-order valence-electron chi connectivity index (χ2n) is 3.48. The van der Waals surface area contributed by atoms with E-state index in [-0.39, 0.29) is 6.03 Å². The van der Waals surface area contributed by atoms with Gasteiger partial charge in [0, 0.05) is 32.2 Å². The first kappa shape index (κ1) is 10.3. The van der Waals surface area contributed by atoms with Crippen LogP contribution in [-0.2, 0) is 0 Å². The van der Waals surface area contributed by atoms with E-state index in [1.807, 2.05) is 4.90 Å². The Morgan fingerprint density at radius 1 is 1.69 bits per heavy atom. The third-order valence-electron chi connectivity index (χ3n) is 2.29. The van der Waals surface area contributed by atoms with Gasteiger partial charge in [0.25, 0.3) is 0 Å². The minimum absolute atomic E-state index is 0.0795. The van der Waals surface area contributed by atoms with Gasteiger partial charge in [-0.05, 0) is 13.3 Å². The highest BCUT2D eigenvalue weighted by atomic mass is 16.2. The highest BCUT2D eigenvalue weighted by Crippen LogP contribution is 2.01. The lowest BCUT2D eigenvalue weighted by Gasteiger charge is -2.33. The summed E-state index contributed by atoms with van der Waals surface area (Å²) >= 11 is 0. The fourth-order valence-electron chi connectivity index (χ4n) is 1.48. The molecule has 1 heterocycles. The number of nitrogens with zero attached hydrogens (tertiary/aromatic N) is 1. The van der Waals surface area contributed by atoms with Crippen LogP contribution in [0.15, 0.2) is 0 Å². The topological polar surface area (TPSA) is 44.4 Å². The van der Waals surface area contributed by atoms with Gasteiger partial charge in [-0.15, -0.1) is 0 Å². The summed E-state index contributed by atoms with van der Waals surface area (Å²) in [5, 5.41) is 6.15. The van der Waals surface area contributed by atoms with Gasteiger partial charge in [0.1, 0.15) is 0 Å². The van der Waals surface area contributed by atoms with Crippen LogP contribution in [0.2, 0.25) is 0 Å². The number of carbonyl (C=O) groups is 1. The average Bonchev–Trinajstić information content (AvgIpc) is 2.15. The zero-order chi connectivity index (χ0) is 9.68. The molecule has 2 N–H and O–H groups in total. The lowest BCUT2D eigenvalue weighted by Crippen LogP contribution is -2.55. The zero-order valence-electron chi connectivity index (χ0n) is 8.47. The predicted octanol–water partition coefficient (Wildman–Crippen LogP) is 0.400. The quantitative estimate of drug-likeness (QED) is 0.654. The van der Waals surface area contributed by atoms with Crippen LogP contribution in [0.4, 0.5) is 4.79 Å². The summed E-state index contributed by atoms with van der Waals surface area (Å²) in [6.45, 7) is 7.52. The van der Waals surface area contributed by atoms with Gasteiger partial charge >= 0.3 is 6.03 Å². The third-order valence-corrected chi connectivity index (χ3v) is 2.29. The Bertz CT molecular complexity index is 172. The molecule has 76 valence electrons. The molecular formula is C9H19N3O. The Morgan fingerprint density at radius 3 is 3.08 bits per heavy atom. The molecule has 0 aromatic rings. The molecule has 2 amide bonds. The number of urea groups is 1. The molecule has 0 aromatic carbocycles. The number of nitrogens with one attached hydrogen (secondary N) is 2. The summed E-state index contributed by atoms with van der Waals surface area (Å²) in [6.07, 6.45) is 0.992. The third kappa shape index (κ3) is 2.88. The first-order chi connectivity index (χ1) is 6.25. The van der Waals surface area contributed by atoms with E-state index in [0.717, 1.165) is 32.6 Å². The van der Waals surface area contributed by atoms with Crippen LogP contribution in [0, 0.1) is 0 Å². The normalized spacial score (nSPS) is 22.9. The summed E-state index contributed by atoms with van der Waals surface area (Å²) in [5.41, 5.74) is 0. The van der Waals surface area contributed by atoms with Crippen LogP contribution >= 0.6 is 0 Å². The molecule has 1 aliphatic heterocycles. The minimum Gasteiger partial charge on any atom is -0.338 e. The van der Waals surface area contributed by atoms with E-state index in [4.69, 9.17) is 0 Å². The molecule has 0 unspecified atom stereocenters. The molecule has 0 radical (unpaired) electrons. The van der Waals surface area contributed by atoms with Gasteiger partial charge in [-0.1, -0.05) is 6.92 Å². The van der Waals surface area contributed by atoms with Crippen molar-refractivity contribution in [3.63, 3.8) is 0 Å². The second kappa shape index (κ2) is 5.07. The summed E-state index contributed by atoms with van der Waals surface area (Å²) in [7, 11) is 0. The summed E-state index contributed by atoms with van der Waals surface area (Å²) in [6, 6.07) is 0.390. The Kier molecular flexibility index (Phi) is 4.02. The van der Waals surface area contributed by atoms with Crippen molar-refractivity contribution in [2.24, 2.45) is 0 Å². The molecule has 0 aromatic heterocycles. The number of piperazine rings is 1. The monoisotopic (exact) mass is 185 g/mol. The van der Waals surface area contributed by atoms with Crippen molar-refractivity contribution < 1.29 is 4.79 Å². The first-order valence-electron chi connectivity index (χ1n) is 5.01. The van der Waals surface area contributed by atoms with Crippen LogP contribution in [-0.4, -0.2) is 43.2 Å². The molecule has 1 fully saturated rings. The van der Waals surface area contributed by atoms with E-state index in [9.17, 15) is 4.79 Å². The molecule has 0 spiro atoms. The summed E-state index contributed by atoms with van der Waals surface area (Å²) in [4.78, 5) is 13.4. The maximum absolute atomic E-state index is 11.6. The molecule has 0 bridgehead atoms. The van der Waals surface area contributed by atoms with Crippen molar-refractivity contribution in [2.45, 2.75) is 26.3 Å². The van der Waals surface area contributed by atoms with Gasteiger partial charge in [0.15, 0.2) is 0 Å². The number of rotatable bonds is 2. The second-order valence-corrected chi connectivity index (χ2v) is 3.48. The van der Waals surface area contributed by atoms with E-state index in [0.29, 0.717) is 6.04 Å². The molecule has 1 saturated heterocycles. The first-order valence-corrected chi connectivity index (χ1v) is 5.01. The van der Waals surface area contributed by atoms with Crippen molar-refractivity contribution >= 4 is 6.03 Å². The molecule has 0 aliphatic carbocycles. The number of hydrogen-bond acceptors (Lipinski definition) is 2.